The molecule has 2 unspecified atom stereocenters. The third kappa shape index (κ3) is 3.09. The first kappa shape index (κ1) is 13.1. The molecule has 0 aliphatic heterocycles. The molecule has 1 amide bonds. The number of hydrogen-bond donors (Lipinski definition) is 2. The molecule has 0 bridgehead atoms. The van der Waals surface area contributed by atoms with Crippen LogP contribution in [0.2, 0.25) is 0 Å². The van der Waals surface area contributed by atoms with Gasteiger partial charge in [0.05, 0.1) is 8.66 Å². The van der Waals surface area contributed by atoms with Crippen LogP contribution in [0.4, 0.5) is 0 Å². The van der Waals surface area contributed by atoms with Gasteiger partial charge in [-0.15, -0.1) is 11.3 Å². The van der Waals surface area contributed by atoms with Crippen molar-refractivity contribution < 1.29 is 4.79 Å². The van der Waals surface area contributed by atoms with Crippen molar-refractivity contribution in [3.63, 3.8) is 0 Å². The molecular formula is C12H17BrN2OS. The van der Waals surface area contributed by atoms with Gasteiger partial charge in [0, 0.05) is 12.1 Å². The third-order valence-corrected chi connectivity index (χ3v) is 5.35. The van der Waals surface area contributed by atoms with Crippen LogP contribution in [-0.2, 0) is 0 Å². The Morgan fingerprint density at radius 3 is 2.82 bits per heavy atom. The van der Waals surface area contributed by atoms with Crippen LogP contribution in [-0.4, -0.2) is 18.0 Å². The lowest BCUT2D eigenvalue weighted by molar-refractivity contribution is 0.0925. The predicted molar refractivity (Wildman–Crippen MR) is 74.5 cm³/mol. The molecule has 1 fully saturated rings. The maximum atomic E-state index is 12.0. The zero-order valence-corrected chi connectivity index (χ0v) is 12.2. The Hall–Kier alpha value is -0.390. The molecule has 94 valence electrons. The molecule has 1 saturated carbocycles. The summed E-state index contributed by atoms with van der Waals surface area (Å²) in [7, 11) is 0. The zero-order valence-electron chi connectivity index (χ0n) is 9.83. The number of carbonyl (C=O) groups excluding carboxylic acids is 1. The van der Waals surface area contributed by atoms with E-state index in [2.05, 4.69) is 21.2 Å². The Bertz CT molecular complexity index is 399. The Kier molecular flexibility index (Phi) is 4.22. The van der Waals surface area contributed by atoms with Gasteiger partial charge in [0.1, 0.15) is 0 Å². The minimum absolute atomic E-state index is 0.00569. The number of halogens is 1. The molecule has 0 saturated heterocycles. The molecule has 1 aromatic rings. The fourth-order valence-corrected chi connectivity index (χ4v) is 3.59. The molecule has 1 aliphatic rings. The maximum absolute atomic E-state index is 12.0. The molecular weight excluding hydrogens is 300 g/mol. The molecule has 0 aromatic carbocycles. The Labute approximate surface area is 114 Å². The van der Waals surface area contributed by atoms with Crippen molar-refractivity contribution in [3.8, 4) is 0 Å². The van der Waals surface area contributed by atoms with Gasteiger partial charge in [-0.3, -0.25) is 4.79 Å². The van der Waals surface area contributed by atoms with Crippen LogP contribution in [0.1, 0.15) is 40.9 Å². The molecule has 2 rings (SSSR count). The normalized spacial score (nSPS) is 24.6. The largest absolute Gasteiger partial charge is 0.347 e. The lowest BCUT2D eigenvalue weighted by Crippen LogP contribution is -2.49. The summed E-state index contributed by atoms with van der Waals surface area (Å²) in [5, 5.41) is 3.05. The number of nitrogens with one attached hydrogen (secondary N) is 1. The van der Waals surface area contributed by atoms with E-state index in [1.165, 1.54) is 17.8 Å². The number of carbonyl (C=O) groups is 1. The summed E-state index contributed by atoms with van der Waals surface area (Å²) in [6, 6.07) is 2.16. The van der Waals surface area contributed by atoms with Crippen molar-refractivity contribution in [1.29, 1.82) is 0 Å². The fraction of sp³-hybridized carbons (Fsp3) is 0.583. The second kappa shape index (κ2) is 5.50. The van der Waals surface area contributed by atoms with Crippen molar-refractivity contribution >= 4 is 33.2 Å². The minimum atomic E-state index is 0.00569. The van der Waals surface area contributed by atoms with Crippen LogP contribution in [0.3, 0.4) is 0 Å². The van der Waals surface area contributed by atoms with Gasteiger partial charge in [0.25, 0.3) is 5.91 Å². The third-order valence-electron chi connectivity index (χ3n) is 3.22. The van der Waals surface area contributed by atoms with Crippen LogP contribution in [0, 0.1) is 6.92 Å². The van der Waals surface area contributed by atoms with Gasteiger partial charge in [-0.25, -0.2) is 0 Å². The summed E-state index contributed by atoms with van der Waals surface area (Å²) < 4.78 is 1.02. The molecule has 0 spiro atoms. The van der Waals surface area contributed by atoms with E-state index < -0.39 is 0 Å². The highest BCUT2D eigenvalue weighted by atomic mass is 79.9. The van der Waals surface area contributed by atoms with Crippen LogP contribution in [0.5, 0.6) is 0 Å². The predicted octanol–water partition coefficient (Wildman–Crippen LogP) is 2.82. The van der Waals surface area contributed by atoms with E-state index in [1.54, 1.807) is 0 Å². The van der Waals surface area contributed by atoms with E-state index >= 15 is 0 Å². The molecule has 3 nitrogen and oxygen atoms in total. The first-order valence-corrected chi connectivity index (χ1v) is 7.51. The summed E-state index contributed by atoms with van der Waals surface area (Å²) >= 11 is 4.91. The lowest BCUT2D eigenvalue weighted by Gasteiger charge is -2.29. The number of nitrogens with two attached hydrogens (primary N) is 1. The molecule has 17 heavy (non-hydrogen) atoms. The van der Waals surface area contributed by atoms with Crippen molar-refractivity contribution in [2.75, 3.05) is 0 Å². The zero-order chi connectivity index (χ0) is 12.4. The second-order valence-electron chi connectivity index (χ2n) is 4.60. The fourth-order valence-electron chi connectivity index (χ4n) is 2.15. The van der Waals surface area contributed by atoms with Crippen LogP contribution in [0.25, 0.3) is 0 Å². The maximum Gasteiger partial charge on any atom is 0.261 e. The van der Waals surface area contributed by atoms with E-state index in [1.807, 2.05) is 13.0 Å². The number of thiophene rings is 1. The minimum Gasteiger partial charge on any atom is -0.347 e. The topological polar surface area (TPSA) is 55.1 Å². The van der Waals surface area contributed by atoms with Gasteiger partial charge in [-0.05, 0) is 47.3 Å². The van der Waals surface area contributed by atoms with E-state index in [9.17, 15) is 4.79 Å². The number of hydrogen-bond acceptors (Lipinski definition) is 3. The second-order valence-corrected chi connectivity index (χ2v) is 6.97. The Balaban J connectivity index is 2.01. The molecule has 5 heteroatoms. The van der Waals surface area contributed by atoms with Crippen LogP contribution >= 0.6 is 27.3 Å². The molecule has 1 heterocycles. The van der Waals surface area contributed by atoms with Crippen molar-refractivity contribution in [3.05, 3.63) is 20.3 Å². The highest BCUT2D eigenvalue weighted by Crippen LogP contribution is 2.27. The first-order chi connectivity index (χ1) is 8.08. The molecule has 1 aromatic heterocycles. The summed E-state index contributed by atoms with van der Waals surface area (Å²) in [4.78, 5) is 12.8. The quantitative estimate of drug-likeness (QED) is 0.881. The number of aryl methyl sites for hydroxylation is 1. The standard InChI is InChI=1S/C12H17BrN2OS/c1-7-6-10(17-11(7)13)12(16)15-9-5-3-2-4-8(9)14/h6,8-9H,2-5,14H2,1H3,(H,15,16). The van der Waals surface area contributed by atoms with Gasteiger partial charge >= 0.3 is 0 Å². The average molecular weight is 317 g/mol. The van der Waals surface area contributed by atoms with Crippen molar-refractivity contribution in [1.82, 2.24) is 5.32 Å². The Morgan fingerprint density at radius 1 is 1.53 bits per heavy atom. The summed E-state index contributed by atoms with van der Waals surface area (Å²) in [6.45, 7) is 1.99. The van der Waals surface area contributed by atoms with Gasteiger partial charge in [-0.2, -0.15) is 0 Å². The van der Waals surface area contributed by atoms with E-state index in [4.69, 9.17) is 5.73 Å². The average Bonchev–Trinajstić information content (AvgIpc) is 2.63. The lowest BCUT2D eigenvalue weighted by atomic mass is 9.91. The van der Waals surface area contributed by atoms with E-state index in [0.717, 1.165) is 33.5 Å². The van der Waals surface area contributed by atoms with Crippen molar-refractivity contribution in [2.45, 2.75) is 44.7 Å². The SMILES string of the molecule is Cc1cc(C(=O)NC2CCCCC2N)sc1Br. The van der Waals surface area contributed by atoms with Gasteiger partial charge in [-0.1, -0.05) is 12.8 Å². The van der Waals surface area contributed by atoms with Gasteiger partial charge in [0.2, 0.25) is 0 Å². The number of rotatable bonds is 2. The highest BCUT2D eigenvalue weighted by molar-refractivity contribution is 9.11. The smallest absolute Gasteiger partial charge is 0.261 e. The van der Waals surface area contributed by atoms with Crippen molar-refractivity contribution in [2.24, 2.45) is 5.73 Å². The highest BCUT2D eigenvalue weighted by Gasteiger charge is 2.24. The Morgan fingerprint density at radius 2 is 2.24 bits per heavy atom. The van der Waals surface area contributed by atoms with Crippen LogP contribution in [0.15, 0.2) is 9.85 Å². The van der Waals surface area contributed by atoms with Gasteiger partial charge < -0.3 is 11.1 Å². The summed E-state index contributed by atoms with van der Waals surface area (Å²) in [5.74, 6) is 0.00569. The monoisotopic (exact) mass is 316 g/mol. The molecule has 0 radical (unpaired) electrons. The van der Waals surface area contributed by atoms with E-state index in [0.29, 0.717) is 0 Å². The summed E-state index contributed by atoms with van der Waals surface area (Å²) in [6.07, 6.45) is 4.35. The molecule has 2 atom stereocenters. The number of amides is 1. The molecule has 1 aliphatic carbocycles. The van der Waals surface area contributed by atoms with E-state index in [-0.39, 0.29) is 18.0 Å². The van der Waals surface area contributed by atoms with Gasteiger partial charge in [0.15, 0.2) is 0 Å². The molecule has 3 N–H and O–H groups in total. The summed E-state index contributed by atoms with van der Waals surface area (Å²) in [5.41, 5.74) is 7.12. The van der Waals surface area contributed by atoms with Crippen LogP contribution < -0.4 is 11.1 Å². The first-order valence-electron chi connectivity index (χ1n) is 5.90.